The lowest BCUT2D eigenvalue weighted by Gasteiger charge is -2.26. The predicted molar refractivity (Wildman–Crippen MR) is 74.6 cm³/mol. The van der Waals surface area contributed by atoms with Crippen LogP contribution in [0, 0.1) is 0 Å². The average Bonchev–Trinajstić information content (AvgIpc) is 2.41. The van der Waals surface area contributed by atoms with Crippen LogP contribution < -0.4 is 0 Å². The fourth-order valence-electron chi connectivity index (χ4n) is 1.98. The van der Waals surface area contributed by atoms with Crippen molar-refractivity contribution in [3.63, 3.8) is 0 Å². The molecule has 0 N–H and O–H groups in total. The number of thioether (sulfide) groups is 1. The zero-order valence-electron chi connectivity index (χ0n) is 11.7. The highest BCUT2D eigenvalue weighted by Crippen LogP contribution is 2.30. The van der Waals surface area contributed by atoms with Crippen molar-refractivity contribution in [2.75, 3.05) is 38.6 Å². The molecular formula is C13H27NO2S. The second kappa shape index (κ2) is 7.62. The molecule has 1 fully saturated rings. The normalized spacial score (nSPS) is 21.7. The van der Waals surface area contributed by atoms with Crippen molar-refractivity contribution in [3.05, 3.63) is 0 Å². The summed E-state index contributed by atoms with van der Waals surface area (Å²) in [6.07, 6.45) is 1.18. The first kappa shape index (κ1) is 15.3. The molecule has 0 radical (unpaired) electrons. The maximum atomic E-state index is 5.61. The molecule has 0 atom stereocenters. The van der Waals surface area contributed by atoms with E-state index in [4.69, 9.17) is 9.47 Å². The molecule has 1 aliphatic rings. The molecule has 0 aromatic carbocycles. The third kappa shape index (κ3) is 6.09. The second-order valence-corrected chi connectivity index (χ2v) is 6.80. The maximum Gasteiger partial charge on any atom is 0.170 e. The summed E-state index contributed by atoms with van der Waals surface area (Å²) in [5, 5.41) is 0. The van der Waals surface area contributed by atoms with Crippen molar-refractivity contribution >= 4 is 11.8 Å². The van der Waals surface area contributed by atoms with Crippen LogP contribution in [0.5, 0.6) is 0 Å². The highest BCUT2D eigenvalue weighted by Gasteiger charge is 2.25. The largest absolute Gasteiger partial charge is 0.352 e. The van der Waals surface area contributed by atoms with Crippen molar-refractivity contribution in [1.82, 2.24) is 4.90 Å². The Labute approximate surface area is 110 Å². The molecule has 0 bridgehead atoms. The average molecular weight is 261 g/mol. The molecule has 1 aliphatic heterocycles. The molecule has 4 heteroatoms. The van der Waals surface area contributed by atoms with Crippen LogP contribution in [0.1, 0.15) is 34.1 Å². The van der Waals surface area contributed by atoms with Gasteiger partial charge in [-0.3, -0.25) is 4.90 Å². The Morgan fingerprint density at radius 1 is 1.18 bits per heavy atom. The topological polar surface area (TPSA) is 21.7 Å². The Kier molecular flexibility index (Phi) is 6.85. The lowest BCUT2D eigenvalue weighted by atomic mass is 10.1. The van der Waals surface area contributed by atoms with Crippen molar-refractivity contribution in [3.8, 4) is 0 Å². The highest BCUT2D eigenvalue weighted by molar-refractivity contribution is 8.00. The molecule has 17 heavy (non-hydrogen) atoms. The van der Waals surface area contributed by atoms with Gasteiger partial charge in [0.05, 0.1) is 0 Å². The molecule has 0 amide bonds. The second-order valence-electron chi connectivity index (χ2n) is 5.00. The van der Waals surface area contributed by atoms with E-state index in [9.17, 15) is 0 Å². The fraction of sp³-hybridized carbons (Fsp3) is 1.00. The molecule has 0 aromatic heterocycles. The minimum absolute atomic E-state index is 0.0591. The van der Waals surface area contributed by atoms with Crippen LogP contribution in [0.15, 0.2) is 0 Å². The van der Waals surface area contributed by atoms with Gasteiger partial charge in [0.2, 0.25) is 0 Å². The summed E-state index contributed by atoms with van der Waals surface area (Å²) >= 11 is 2.08. The summed E-state index contributed by atoms with van der Waals surface area (Å²) < 4.78 is 11.6. The monoisotopic (exact) mass is 261 g/mol. The van der Waals surface area contributed by atoms with Gasteiger partial charge in [-0.15, -0.1) is 0 Å². The lowest BCUT2D eigenvalue weighted by molar-refractivity contribution is -0.146. The van der Waals surface area contributed by atoms with E-state index in [0.717, 1.165) is 32.8 Å². The predicted octanol–water partition coefficient (Wildman–Crippen LogP) is 2.60. The standard InChI is InChI=1S/C13H27NO2S/c1-5-15-12(16-6-2)11-14-8-7-13(3,4)17-10-9-14/h12H,5-11H2,1-4H3. The Balaban J connectivity index is 2.38. The number of nitrogens with zero attached hydrogens (tertiary/aromatic N) is 1. The molecule has 0 aromatic rings. The van der Waals surface area contributed by atoms with E-state index < -0.39 is 0 Å². The Morgan fingerprint density at radius 3 is 2.41 bits per heavy atom. The van der Waals surface area contributed by atoms with E-state index in [2.05, 4.69) is 30.5 Å². The molecule has 1 heterocycles. The molecule has 1 rings (SSSR count). The van der Waals surface area contributed by atoms with E-state index >= 15 is 0 Å². The molecule has 0 aliphatic carbocycles. The first-order chi connectivity index (χ1) is 8.07. The Hall–Kier alpha value is 0.230. The third-order valence-electron chi connectivity index (χ3n) is 3.04. The maximum absolute atomic E-state index is 5.61. The number of hydrogen-bond donors (Lipinski definition) is 0. The van der Waals surface area contributed by atoms with Gasteiger partial charge >= 0.3 is 0 Å². The van der Waals surface area contributed by atoms with E-state index in [1.807, 2.05) is 13.8 Å². The van der Waals surface area contributed by atoms with E-state index in [-0.39, 0.29) is 6.29 Å². The van der Waals surface area contributed by atoms with Gasteiger partial charge in [0, 0.05) is 36.8 Å². The highest BCUT2D eigenvalue weighted by atomic mass is 32.2. The quantitative estimate of drug-likeness (QED) is 0.685. The molecular weight excluding hydrogens is 234 g/mol. The smallest absolute Gasteiger partial charge is 0.170 e. The van der Waals surface area contributed by atoms with Crippen molar-refractivity contribution in [2.45, 2.75) is 45.2 Å². The van der Waals surface area contributed by atoms with Crippen LogP contribution >= 0.6 is 11.8 Å². The molecule has 0 saturated carbocycles. The van der Waals surface area contributed by atoms with Gasteiger partial charge in [-0.05, 0) is 26.8 Å². The third-order valence-corrected chi connectivity index (χ3v) is 4.42. The zero-order chi connectivity index (χ0) is 12.7. The number of ether oxygens (including phenoxy) is 2. The van der Waals surface area contributed by atoms with Crippen LogP contribution in [0.2, 0.25) is 0 Å². The summed E-state index contributed by atoms with van der Waals surface area (Å²) in [6, 6.07) is 0. The van der Waals surface area contributed by atoms with Gasteiger partial charge < -0.3 is 9.47 Å². The zero-order valence-corrected chi connectivity index (χ0v) is 12.5. The summed E-state index contributed by atoms with van der Waals surface area (Å²) in [7, 11) is 0. The van der Waals surface area contributed by atoms with Gasteiger partial charge in [0.1, 0.15) is 0 Å². The van der Waals surface area contributed by atoms with E-state index in [0.29, 0.717) is 4.75 Å². The minimum Gasteiger partial charge on any atom is -0.352 e. The van der Waals surface area contributed by atoms with E-state index in [1.165, 1.54) is 12.2 Å². The van der Waals surface area contributed by atoms with Gasteiger partial charge in [0.15, 0.2) is 6.29 Å². The van der Waals surface area contributed by atoms with E-state index in [1.54, 1.807) is 0 Å². The van der Waals surface area contributed by atoms with Crippen LogP contribution in [-0.4, -0.2) is 54.5 Å². The van der Waals surface area contributed by atoms with Crippen LogP contribution in [-0.2, 0) is 9.47 Å². The summed E-state index contributed by atoms with van der Waals surface area (Å²) in [4.78, 5) is 2.47. The number of hydrogen-bond acceptors (Lipinski definition) is 4. The lowest BCUT2D eigenvalue weighted by Crippen LogP contribution is -2.37. The number of rotatable bonds is 6. The molecule has 3 nitrogen and oxygen atoms in total. The molecule has 0 unspecified atom stereocenters. The van der Waals surface area contributed by atoms with Crippen molar-refractivity contribution < 1.29 is 9.47 Å². The summed E-state index contributed by atoms with van der Waals surface area (Å²) in [5.74, 6) is 1.21. The molecule has 1 saturated heterocycles. The Bertz CT molecular complexity index is 206. The van der Waals surface area contributed by atoms with Crippen molar-refractivity contribution in [2.24, 2.45) is 0 Å². The first-order valence-electron chi connectivity index (χ1n) is 6.67. The van der Waals surface area contributed by atoms with Gasteiger partial charge in [-0.25, -0.2) is 0 Å². The SMILES string of the molecule is CCOC(CN1CCSC(C)(C)CC1)OCC. The molecule has 102 valence electrons. The first-order valence-corrected chi connectivity index (χ1v) is 7.65. The van der Waals surface area contributed by atoms with Gasteiger partial charge in [-0.1, -0.05) is 13.8 Å². The van der Waals surface area contributed by atoms with Gasteiger partial charge in [0.25, 0.3) is 0 Å². The Morgan fingerprint density at radius 2 is 1.82 bits per heavy atom. The minimum atomic E-state index is -0.0591. The summed E-state index contributed by atoms with van der Waals surface area (Å²) in [6.45, 7) is 13.4. The fourth-order valence-corrected chi connectivity index (χ4v) is 3.12. The van der Waals surface area contributed by atoms with Crippen LogP contribution in [0.4, 0.5) is 0 Å². The summed E-state index contributed by atoms with van der Waals surface area (Å²) in [5.41, 5.74) is 0. The van der Waals surface area contributed by atoms with Crippen molar-refractivity contribution in [1.29, 1.82) is 0 Å². The van der Waals surface area contributed by atoms with Gasteiger partial charge in [-0.2, -0.15) is 11.8 Å². The molecule has 0 spiro atoms. The van der Waals surface area contributed by atoms with Crippen LogP contribution in [0.3, 0.4) is 0 Å². The van der Waals surface area contributed by atoms with Crippen LogP contribution in [0.25, 0.3) is 0 Å².